The molecule has 0 aliphatic carbocycles. The van der Waals surface area contributed by atoms with Crippen molar-refractivity contribution in [2.24, 2.45) is 4.99 Å². The zero-order chi connectivity index (χ0) is 18.1. The third-order valence-electron chi connectivity index (χ3n) is 3.47. The van der Waals surface area contributed by atoms with Gasteiger partial charge in [-0.05, 0) is 45.0 Å². The van der Waals surface area contributed by atoms with E-state index in [1.54, 1.807) is 18.5 Å². The number of hydrogen-bond donors (Lipinski definition) is 2. The summed E-state index contributed by atoms with van der Waals surface area (Å²) < 4.78 is 20.6. The van der Waals surface area contributed by atoms with Crippen LogP contribution in [0.4, 0.5) is 4.39 Å². The number of benzene rings is 1. The minimum Gasteiger partial charge on any atom is -0.489 e. The van der Waals surface area contributed by atoms with Gasteiger partial charge in [-0.1, -0.05) is 0 Å². The Morgan fingerprint density at radius 1 is 1.28 bits per heavy atom. The van der Waals surface area contributed by atoms with E-state index in [0.29, 0.717) is 24.8 Å². The van der Waals surface area contributed by atoms with Crippen molar-refractivity contribution in [1.82, 2.24) is 25.4 Å². The third kappa shape index (κ3) is 6.06. The largest absolute Gasteiger partial charge is 0.489 e. The second-order valence-corrected chi connectivity index (χ2v) is 5.49. The number of halogens is 1. The summed E-state index contributed by atoms with van der Waals surface area (Å²) in [6, 6.07) is 5.99. The highest BCUT2D eigenvalue weighted by atomic mass is 19.1. The van der Waals surface area contributed by atoms with Gasteiger partial charge in [0.05, 0.1) is 6.54 Å². The maximum atomic E-state index is 12.9. The summed E-state index contributed by atoms with van der Waals surface area (Å²) in [5.74, 6) is 1.85. The summed E-state index contributed by atoms with van der Waals surface area (Å²) in [7, 11) is 0. The van der Waals surface area contributed by atoms with Gasteiger partial charge in [-0.25, -0.2) is 9.38 Å². The van der Waals surface area contributed by atoms with Crippen LogP contribution in [0.25, 0.3) is 0 Å². The van der Waals surface area contributed by atoms with Crippen molar-refractivity contribution < 1.29 is 9.13 Å². The summed E-state index contributed by atoms with van der Waals surface area (Å²) in [5, 5.41) is 14.4. The van der Waals surface area contributed by atoms with Crippen LogP contribution in [0.2, 0.25) is 0 Å². The van der Waals surface area contributed by atoms with Crippen LogP contribution in [0.3, 0.4) is 0 Å². The van der Waals surface area contributed by atoms with E-state index in [-0.39, 0.29) is 11.9 Å². The molecule has 2 N–H and O–H groups in total. The fourth-order valence-electron chi connectivity index (χ4n) is 2.18. The Bertz CT molecular complexity index is 670. The predicted octanol–water partition coefficient (Wildman–Crippen LogP) is 1.96. The average Bonchev–Trinajstić information content (AvgIpc) is 3.07. The minimum atomic E-state index is -0.278. The lowest BCUT2D eigenvalue weighted by atomic mass is 10.3. The Morgan fingerprint density at radius 3 is 2.72 bits per heavy atom. The van der Waals surface area contributed by atoms with Crippen LogP contribution < -0.4 is 15.4 Å². The van der Waals surface area contributed by atoms with Gasteiger partial charge in [0.2, 0.25) is 0 Å². The number of aliphatic imine (C=N–C) groups is 1. The number of aryl methyl sites for hydroxylation is 1. The van der Waals surface area contributed by atoms with E-state index in [1.165, 1.54) is 12.1 Å². The van der Waals surface area contributed by atoms with Crippen LogP contribution in [0.5, 0.6) is 5.75 Å². The Kier molecular flexibility index (Phi) is 7.18. The molecule has 0 amide bonds. The lowest BCUT2D eigenvalue weighted by Gasteiger charge is -2.17. The molecule has 0 saturated heterocycles. The maximum Gasteiger partial charge on any atom is 0.191 e. The molecule has 0 aliphatic heterocycles. The van der Waals surface area contributed by atoms with Crippen molar-refractivity contribution in [3.05, 3.63) is 42.2 Å². The van der Waals surface area contributed by atoms with Crippen molar-refractivity contribution in [2.45, 2.75) is 40.0 Å². The molecule has 0 radical (unpaired) electrons. The lowest BCUT2D eigenvalue weighted by molar-refractivity contribution is 0.223. The second kappa shape index (κ2) is 9.61. The molecule has 0 bridgehead atoms. The van der Waals surface area contributed by atoms with E-state index in [1.807, 2.05) is 25.3 Å². The third-order valence-corrected chi connectivity index (χ3v) is 3.47. The van der Waals surface area contributed by atoms with E-state index in [4.69, 9.17) is 4.74 Å². The molecule has 1 unspecified atom stereocenters. The monoisotopic (exact) mass is 348 g/mol. The SMILES string of the molecule is CCNC(=NCc1nncn1CC)NCC(C)Oc1ccc(F)cc1. The van der Waals surface area contributed by atoms with Crippen LogP contribution in [0.1, 0.15) is 26.6 Å². The Labute approximate surface area is 147 Å². The molecule has 0 fully saturated rings. The van der Waals surface area contributed by atoms with Gasteiger partial charge in [0.25, 0.3) is 0 Å². The summed E-state index contributed by atoms with van der Waals surface area (Å²) in [5.41, 5.74) is 0. The molecule has 1 heterocycles. The highest BCUT2D eigenvalue weighted by Gasteiger charge is 2.07. The molecule has 25 heavy (non-hydrogen) atoms. The molecule has 8 heteroatoms. The first kappa shape index (κ1) is 18.7. The number of rotatable bonds is 8. The molecular weight excluding hydrogens is 323 g/mol. The first-order valence-corrected chi connectivity index (χ1v) is 8.43. The molecule has 0 saturated carbocycles. The fourth-order valence-corrected chi connectivity index (χ4v) is 2.18. The predicted molar refractivity (Wildman–Crippen MR) is 95.0 cm³/mol. The Hall–Kier alpha value is -2.64. The van der Waals surface area contributed by atoms with Gasteiger partial charge in [-0.3, -0.25) is 0 Å². The van der Waals surface area contributed by atoms with Crippen molar-refractivity contribution in [2.75, 3.05) is 13.1 Å². The van der Waals surface area contributed by atoms with Crippen LogP contribution in [0, 0.1) is 5.82 Å². The fraction of sp³-hybridized carbons (Fsp3) is 0.471. The van der Waals surface area contributed by atoms with Crippen LogP contribution >= 0.6 is 0 Å². The van der Waals surface area contributed by atoms with Gasteiger partial charge in [0, 0.05) is 13.1 Å². The average molecular weight is 348 g/mol. The smallest absolute Gasteiger partial charge is 0.191 e. The molecule has 2 rings (SSSR count). The molecule has 1 aromatic heterocycles. The van der Waals surface area contributed by atoms with E-state index in [9.17, 15) is 4.39 Å². The number of nitrogens with one attached hydrogen (secondary N) is 2. The van der Waals surface area contributed by atoms with Gasteiger partial charge in [-0.2, -0.15) is 0 Å². The van der Waals surface area contributed by atoms with Gasteiger partial charge in [0.15, 0.2) is 11.8 Å². The summed E-state index contributed by atoms with van der Waals surface area (Å²) in [6.45, 7) is 8.54. The Balaban J connectivity index is 1.87. The first-order valence-electron chi connectivity index (χ1n) is 8.43. The number of ether oxygens (including phenoxy) is 1. The Morgan fingerprint density at radius 2 is 2.04 bits per heavy atom. The molecule has 0 spiro atoms. The number of nitrogens with zero attached hydrogens (tertiary/aromatic N) is 4. The minimum absolute atomic E-state index is 0.103. The maximum absolute atomic E-state index is 12.9. The lowest BCUT2D eigenvalue weighted by Crippen LogP contribution is -2.41. The number of aromatic nitrogens is 3. The van der Waals surface area contributed by atoms with E-state index < -0.39 is 0 Å². The van der Waals surface area contributed by atoms with Gasteiger partial charge >= 0.3 is 0 Å². The quantitative estimate of drug-likeness (QED) is 0.563. The van der Waals surface area contributed by atoms with Gasteiger partial charge in [0.1, 0.15) is 30.5 Å². The van der Waals surface area contributed by atoms with Crippen LogP contribution in [0.15, 0.2) is 35.6 Å². The van der Waals surface area contributed by atoms with Crippen molar-refractivity contribution in [3.63, 3.8) is 0 Å². The van der Waals surface area contributed by atoms with Crippen molar-refractivity contribution >= 4 is 5.96 Å². The summed E-state index contributed by atoms with van der Waals surface area (Å²) in [6.07, 6.45) is 1.60. The molecule has 136 valence electrons. The number of guanidine groups is 1. The molecule has 1 atom stereocenters. The topological polar surface area (TPSA) is 76.4 Å². The normalized spacial score (nSPS) is 12.7. The van der Waals surface area contributed by atoms with Crippen LogP contribution in [-0.2, 0) is 13.1 Å². The van der Waals surface area contributed by atoms with E-state index in [2.05, 4.69) is 25.8 Å². The second-order valence-electron chi connectivity index (χ2n) is 5.49. The molecule has 0 aliphatic rings. The molecule has 1 aromatic carbocycles. The zero-order valence-electron chi connectivity index (χ0n) is 14.9. The standard InChI is InChI=1S/C17H25FN6O/c1-4-19-17(21-11-16-23-22-12-24(16)5-2)20-10-13(3)25-15-8-6-14(18)7-9-15/h6-9,12-13H,4-5,10-11H2,1-3H3,(H2,19,20,21). The van der Waals surface area contributed by atoms with E-state index in [0.717, 1.165) is 18.9 Å². The van der Waals surface area contributed by atoms with E-state index >= 15 is 0 Å². The zero-order valence-corrected chi connectivity index (χ0v) is 14.9. The highest BCUT2D eigenvalue weighted by Crippen LogP contribution is 2.12. The number of hydrogen-bond acceptors (Lipinski definition) is 4. The summed E-state index contributed by atoms with van der Waals surface area (Å²) >= 11 is 0. The van der Waals surface area contributed by atoms with Gasteiger partial charge < -0.3 is 19.9 Å². The highest BCUT2D eigenvalue weighted by molar-refractivity contribution is 5.79. The van der Waals surface area contributed by atoms with Crippen LogP contribution in [-0.4, -0.2) is 39.9 Å². The molecule has 7 nitrogen and oxygen atoms in total. The van der Waals surface area contributed by atoms with Crippen molar-refractivity contribution in [1.29, 1.82) is 0 Å². The summed E-state index contributed by atoms with van der Waals surface area (Å²) in [4.78, 5) is 4.52. The van der Waals surface area contributed by atoms with Gasteiger partial charge in [-0.15, -0.1) is 10.2 Å². The molecular formula is C17H25FN6O. The molecule has 2 aromatic rings. The first-order chi connectivity index (χ1) is 12.1. The van der Waals surface area contributed by atoms with Crippen molar-refractivity contribution in [3.8, 4) is 5.75 Å².